The van der Waals surface area contributed by atoms with Gasteiger partial charge >= 0.3 is 0 Å². The van der Waals surface area contributed by atoms with E-state index < -0.39 is 0 Å². The molecule has 40 heavy (non-hydrogen) atoms. The highest BCUT2D eigenvalue weighted by Gasteiger charge is 2.31. The standard InChI is InChI=1S/C36H66N2O2/c1-3-5-7-9-11-13-15-17-19-20-22-24-26-28-35(39)37-32-33-30-31-34(33)38-36(40)29-27-25-23-21-18-16-14-12-10-8-6-4-2/h26-29,33-34H,3-25,30-32H2,1-2H3,(H,37,39)(H,38,40). The van der Waals surface area contributed by atoms with E-state index in [1.54, 1.807) is 12.2 Å². The summed E-state index contributed by atoms with van der Waals surface area (Å²) in [6.07, 6.45) is 39.7. The molecule has 0 aromatic heterocycles. The van der Waals surface area contributed by atoms with Crippen molar-refractivity contribution in [1.82, 2.24) is 10.6 Å². The molecule has 1 fully saturated rings. The van der Waals surface area contributed by atoms with Gasteiger partial charge in [-0.15, -0.1) is 0 Å². The van der Waals surface area contributed by atoms with Crippen molar-refractivity contribution in [2.75, 3.05) is 6.54 Å². The number of unbranched alkanes of at least 4 members (excludes halogenated alkanes) is 21. The molecule has 1 aliphatic rings. The Balaban J connectivity index is 1.95. The van der Waals surface area contributed by atoms with Gasteiger partial charge in [0.25, 0.3) is 0 Å². The maximum Gasteiger partial charge on any atom is 0.243 e. The second-order valence-electron chi connectivity index (χ2n) is 12.3. The Hall–Kier alpha value is -1.58. The predicted octanol–water partition coefficient (Wildman–Crippen LogP) is 10.1. The van der Waals surface area contributed by atoms with E-state index in [2.05, 4.69) is 24.5 Å². The number of carbonyl (C=O) groups is 2. The van der Waals surface area contributed by atoms with Crippen LogP contribution in [0.1, 0.15) is 174 Å². The summed E-state index contributed by atoms with van der Waals surface area (Å²) in [6, 6.07) is 0.190. The molecule has 2 N–H and O–H groups in total. The maximum absolute atomic E-state index is 12.3. The van der Waals surface area contributed by atoms with Crippen molar-refractivity contribution < 1.29 is 9.59 Å². The van der Waals surface area contributed by atoms with Crippen molar-refractivity contribution in [3.63, 3.8) is 0 Å². The van der Waals surface area contributed by atoms with Gasteiger partial charge < -0.3 is 10.6 Å². The van der Waals surface area contributed by atoms with Gasteiger partial charge in [-0.1, -0.05) is 148 Å². The second kappa shape index (κ2) is 27.6. The highest BCUT2D eigenvalue weighted by atomic mass is 16.2. The number of nitrogens with one attached hydrogen (secondary N) is 2. The molecule has 0 aromatic carbocycles. The minimum atomic E-state index is -0.00330. The van der Waals surface area contributed by atoms with Crippen LogP contribution in [0.5, 0.6) is 0 Å². The number of hydrogen-bond acceptors (Lipinski definition) is 2. The fourth-order valence-electron chi connectivity index (χ4n) is 5.58. The van der Waals surface area contributed by atoms with Crippen LogP contribution >= 0.6 is 0 Å². The molecular weight excluding hydrogens is 492 g/mol. The Morgan fingerprint density at radius 3 is 1.35 bits per heavy atom. The molecular formula is C36H66N2O2. The average Bonchev–Trinajstić information content (AvgIpc) is 2.94. The first-order valence-corrected chi connectivity index (χ1v) is 17.6. The number of hydrogen-bond donors (Lipinski definition) is 2. The number of amides is 2. The molecule has 4 nitrogen and oxygen atoms in total. The Labute approximate surface area is 249 Å². The lowest BCUT2D eigenvalue weighted by molar-refractivity contribution is -0.118. The van der Waals surface area contributed by atoms with Crippen LogP contribution in [0.3, 0.4) is 0 Å². The Morgan fingerprint density at radius 1 is 0.550 bits per heavy atom. The fraction of sp³-hybridized carbons (Fsp3) is 0.833. The van der Waals surface area contributed by atoms with E-state index in [1.165, 1.54) is 135 Å². The largest absolute Gasteiger partial charge is 0.352 e. The van der Waals surface area contributed by atoms with Crippen molar-refractivity contribution >= 4 is 11.8 Å². The smallest absolute Gasteiger partial charge is 0.243 e. The molecule has 0 spiro atoms. The third kappa shape index (κ3) is 22.1. The number of carbonyl (C=O) groups excluding carboxylic acids is 2. The van der Waals surface area contributed by atoms with Gasteiger partial charge in [0.05, 0.1) is 0 Å². The molecule has 0 heterocycles. The average molecular weight is 559 g/mol. The Morgan fingerprint density at radius 2 is 0.950 bits per heavy atom. The second-order valence-corrected chi connectivity index (χ2v) is 12.3. The third-order valence-electron chi connectivity index (χ3n) is 8.52. The van der Waals surface area contributed by atoms with E-state index in [1.807, 2.05) is 12.2 Å². The summed E-state index contributed by atoms with van der Waals surface area (Å²) in [7, 11) is 0. The van der Waals surface area contributed by atoms with Gasteiger partial charge in [0.15, 0.2) is 0 Å². The van der Waals surface area contributed by atoms with Gasteiger partial charge in [0, 0.05) is 12.6 Å². The van der Waals surface area contributed by atoms with Crippen molar-refractivity contribution in [3.8, 4) is 0 Å². The van der Waals surface area contributed by atoms with Gasteiger partial charge in [-0.3, -0.25) is 9.59 Å². The zero-order chi connectivity index (χ0) is 28.9. The first-order chi connectivity index (χ1) is 19.7. The first-order valence-electron chi connectivity index (χ1n) is 17.6. The minimum Gasteiger partial charge on any atom is -0.352 e. The topological polar surface area (TPSA) is 58.2 Å². The molecule has 1 aliphatic carbocycles. The van der Waals surface area contributed by atoms with E-state index in [4.69, 9.17) is 0 Å². The van der Waals surface area contributed by atoms with Gasteiger partial charge in [-0.25, -0.2) is 0 Å². The quantitative estimate of drug-likeness (QED) is 0.0741. The van der Waals surface area contributed by atoms with E-state index in [9.17, 15) is 9.59 Å². The lowest BCUT2D eigenvalue weighted by atomic mass is 9.79. The molecule has 1 saturated carbocycles. The van der Waals surface area contributed by atoms with Crippen LogP contribution in [0, 0.1) is 5.92 Å². The zero-order valence-corrected chi connectivity index (χ0v) is 26.7. The highest BCUT2D eigenvalue weighted by Crippen LogP contribution is 2.26. The van der Waals surface area contributed by atoms with Gasteiger partial charge in [0.2, 0.25) is 11.8 Å². The van der Waals surface area contributed by atoms with Crippen LogP contribution < -0.4 is 10.6 Å². The van der Waals surface area contributed by atoms with E-state index >= 15 is 0 Å². The molecule has 232 valence electrons. The summed E-state index contributed by atoms with van der Waals surface area (Å²) in [5, 5.41) is 6.16. The summed E-state index contributed by atoms with van der Waals surface area (Å²) >= 11 is 0. The van der Waals surface area contributed by atoms with Gasteiger partial charge in [-0.2, -0.15) is 0 Å². The van der Waals surface area contributed by atoms with E-state index in [-0.39, 0.29) is 17.9 Å². The highest BCUT2D eigenvalue weighted by molar-refractivity contribution is 5.88. The van der Waals surface area contributed by atoms with E-state index in [0.717, 1.165) is 25.7 Å². The number of allylic oxidation sites excluding steroid dienone is 2. The Bertz CT molecular complexity index is 657. The van der Waals surface area contributed by atoms with Crippen LogP contribution in [0.4, 0.5) is 0 Å². The lowest BCUT2D eigenvalue weighted by Crippen LogP contribution is -2.50. The molecule has 0 aromatic rings. The summed E-state index contributed by atoms with van der Waals surface area (Å²) in [6.45, 7) is 5.19. The van der Waals surface area contributed by atoms with E-state index in [0.29, 0.717) is 12.5 Å². The van der Waals surface area contributed by atoms with Crippen molar-refractivity contribution in [2.24, 2.45) is 5.92 Å². The molecule has 0 radical (unpaired) electrons. The summed E-state index contributed by atoms with van der Waals surface area (Å²) in [5.74, 6) is 0.361. The van der Waals surface area contributed by atoms with Gasteiger partial charge in [-0.05, 0) is 56.6 Å². The summed E-state index contributed by atoms with van der Waals surface area (Å²) in [5.41, 5.74) is 0. The normalized spacial score (nSPS) is 16.9. The third-order valence-corrected chi connectivity index (χ3v) is 8.52. The molecule has 2 amide bonds. The molecule has 0 saturated heterocycles. The Kier molecular flexibility index (Phi) is 25.1. The minimum absolute atomic E-state index is 0.00330. The maximum atomic E-state index is 12.3. The van der Waals surface area contributed by atoms with Crippen LogP contribution in [0.2, 0.25) is 0 Å². The van der Waals surface area contributed by atoms with Gasteiger partial charge in [0.1, 0.15) is 0 Å². The van der Waals surface area contributed by atoms with Crippen molar-refractivity contribution in [3.05, 3.63) is 24.3 Å². The van der Waals surface area contributed by atoms with Crippen molar-refractivity contribution in [1.29, 1.82) is 0 Å². The SMILES string of the molecule is CCCCCCCCCCCCC=CC(=O)NC1CCC1CNC(=O)C=CCCCCCCCCCCCCC. The van der Waals surface area contributed by atoms with Crippen LogP contribution in [0.15, 0.2) is 24.3 Å². The first kappa shape index (κ1) is 36.4. The molecule has 4 heteroatoms. The molecule has 2 atom stereocenters. The summed E-state index contributed by atoms with van der Waals surface area (Å²) in [4.78, 5) is 24.4. The van der Waals surface area contributed by atoms with Crippen LogP contribution in [0.25, 0.3) is 0 Å². The monoisotopic (exact) mass is 559 g/mol. The molecule has 0 aliphatic heterocycles. The predicted molar refractivity (Wildman–Crippen MR) is 173 cm³/mol. The molecule has 2 unspecified atom stereocenters. The number of rotatable bonds is 28. The van der Waals surface area contributed by atoms with Crippen LogP contribution in [-0.4, -0.2) is 24.4 Å². The lowest BCUT2D eigenvalue weighted by Gasteiger charge is -2.36. The van der Waals surface area contributed by atoms with Crippen molar-refractivity contribution in [2.45, 2.75) is 180 Å². The molecule has 0 bridgehead atoms. The zero-order valence-electron chi connectivity index (χ0n) is 26.7. The molecule has 1 rings (SSSR count). The fourth-order valence-corrected chi connectivity index (χ4v) is 5.58. The van der Waals surface area contributed by atoms with Crippen LogP contribution in [-0.2, 0) is 9.59 Å². The summed E-state index contributed by atoms with van der Waals surface area (Å²) < 4.78 is 0.